The number of nitriles is 1. The number of hydrogen-bond donors (Lipinski definition) is 2. The number of alkyl halides is 3. The molecule has 45 heavy (non-hydrogen) atoms. The molecule has 10 nitrogen and oxygen atoms in total. The van der Waals surface area contributed by atoms with Gasteiger partial charge >= 0.3 is 6.18 Å². The minimum absolute atomic E-state index is 0.352. The average molecular weight is 620 g/mol. The second-order valence-electron chi connectivity index (χ2n) is 12.1. The van der Waals surface area contributed by atoms with Crippen molar-refractivity contribution in [3.63, 3.8) is 0 Å². The lowest BCUT2D eigenvalue weighted by molar-refractivity contribution is -0.162. The lowest BCUT2D eigenvalue weighted by atomic mass is 9.75. The standard InChI is InChI=1S/C32H36F3N9O/c1-3-31(30(45)41-21(2)32(33,34)35)8-12-42(13-9-31)28-5-4-22(16-38-28)27-14-23(19-44-29(27)24(15-36)17-40-44)25-18-39-43(20-25)26-6-10-37-11-7-26/h4-5,14,16-21,26,37H,3,6-13H2,1-2H3,(H,41,45)/t21-/m1/s1. The van der Waals surface area contributed by atoms with E-state index in [1.54, 1.807) is 16.9 Å². The van der Waals surface area contributed by atoms with Crippen molar-refractivity contribution >= 4 is 17.2 Å². The van der Waals surface area contributed by atoms with Crippen molar-refractivity contribution in [1.82, 2.24) is 35.0 Å². The summed E-state index contributed by atoms with van der Waals surface area (Å²) in [7, 11) is 0. The van der Waals surface area contributed by atoms with Crippen LogP contribution in [-0.4, -0.2) is 68.7 Å². The van der Waals surface area contributed by atoms with Gasteiger partial charge in [-0.15, -0.1) is 0 Å². The van der Waals surface area contributed by atoms with E-state index in [1.807, 2.05) is 42.2 Å². The Labute approximate surface area is 259 Å². The van der Waals surface area contributed by atoms with Gasteiger partial charge in [-0.05, 0) is 70.3 Å². The first-order valence-electron chi connectivity index (χ1n) is 15.4. The summed E-state index contributed by atoms with van der Waals surface area (Å²) in [6, 6.07) is 6.59. The predicted molar refractivity (Wildman–Crippen MR) is 163 cm³/mol. The van der Waals surface area contributed by atoms with E-state index in [-0.39, 0.29) is 0 Å². The molecule has 0 bridgehead atoms. The molecule has 6 rings (SSSR count). The summed E-state index contributed by atoms with van der Waals surface area (Å²) in [5, 5.41) is 24.5. The van der Waals surface area contributed by atoms with Crippen molar-refractivity contribution in [2.24, 2.45) is 5.41 Å². The predicted octanol–water partition coefficient (Wildman–Crippen LogP) is 5.12. The van der Waals surface area contributed by atoms with Gasteiger partial charge in [0.05, 0.1) is 34.9 Å². The van der Waals surface area contributed by atoms with E-state index in [4.69, 9.17) is 4.98 Å². The Morgan fingerprint density at radius 2 is 1.87 bits per heavy atom. The zero-order valence-corrected chi connectivity index (χ0v) is 25.3. The van der Waals surface area contributed by atoms with Gasteiger partial charge in [-0.1, -0.05) is 6.92 Å². The molecule has 1 atom stereocenters. The van der Waals surface area contributed by atoms with Crippen LogP contribution in [0.15, 0.2) is 49.2 Å². The van der Waals surface area contributed by atoms with Crippen LogP contribution in [0, 0.1) is 16.7 Å². The molecule has 4 aromatic heterocycles. The number of halogens is 3. The maximum Gasteiger partial charge on any atom is 0.408 e. The molecule has 2 N–H and O–H groups in total. The van der Waals surface area contributed by atoms with Crippen LogP contribution < -0.4 is 15.5 Å². The van der Waals surface area contributed by atoms with Crippen LogP contribution in [0.2, 0.25) is 0 Å². The van der Waals surface area contributed by atoms with Crippen LogP contribution in [0.4, 0.5) is 19.0 Å². The normalized spacial score (nSPS) is 18.1. The molecule has 4 aromatic rings. The number of anilines is 1. The van der Waals surface area contributed by atoms with E-state index in [9.17, 15) is 23.2 Å². The fourth-order valence-electron chi connectivity index (χ4n) is 6.41. The van der Waals surface area contributed by atoms with Crippen molar-refractivity contribution in [3.8, 4) is 28.3 Å². The maximum atomic E-state index is 13.1. The van der Waals surface area contributed by atoms with Crippen LogP contribution in [-0.2, 0) is 4.79 Å². The molecular formula is C32H36F3N9O. The SMILES string of the molecule is CCC1(C(=O)N[C@H](C)C(F)(F)F)CCN(c2ccc(-c3cc(-c4cnn(C5CCNCC5)c4)cn4ncc(C#N)c34)cn2)CC1. The van der Waals surface area contributed by atoms with Crippen LogP contribution in [0.25, 0.3) is 27.8 Å². The van der Waals surface area contributed by atoms with Gasteiger partial charge in [-0.25, -0.2) is 9.50 Å². The zero-order chi connectivity index (χ0) is 31.8. The lowest BCUT2D eigenvalue weighted by Crippen LogP contribution is -2.53. The van der Waals surface area contributed by atoms with E-state index >= 15 is 0 Å². The average Bonchev–Trinajstić information content (AvgIpc) is 3.72. The molecule has 0 aliphatic carbocycles. The second kappa shape index (κ2) is 12.2. The summed E-state index contributed by atoms with van der Waals surface area (Å²) in [5.41, 5.74) is 3.79. The summed E-state index contributed by atoms with van der Waals surface area (Å²) in [6.45, 7) is 5.75. The molecule has 1 amide bonds. The highest BCUT2D eigenvalue weighted by Crippen LogP contribution is 2.38. The Morgan fingerprint density at radius 3 is 2.51 bits per heavy atom. The number of carbonyl (C=O) groups excluding carboxylic acids is 1. The van der Waals surface area contributed by atoms with Crippen LogP contribution in [0.5, 0.6) is 0 Å². The molecule has 0 radical (unpaired) electrons. The monoisotopic (exact) mass is 619 g/mol. The molecule has 2 fully saturated rings. The van der Waals surface area contributed by atoms with E-state index in [0.717, 1.165) is 60.9 Å². The van der Waals surface area contributed by atoms with Crippen molar-refractivity contribution in [2.75, 3.05) is 31.1 Å². The molecule has 0 unspecified atom stereocenters. The molecule has 2 saturated heterocycles. The summed E-state index contributed by atoms with van der Waals surface area (Å²) in [6.07, 6.45) is 8.03. The molecule has 6 heterocycles. The Kier molecular flexibility index (Phi) is 8.26. The molecule has 13 heteroatoms. The number of amides is 1. The van der Waals surface area contributed by atoms with E-state index in [0.29, 0.717) is 49.5 Å². The number of rotatable bonds is 7. The summed E-state index contributed by atoms with van der Waals surface area (Å²) >= 11 is 0. The Morgan fingerprint density at radius 1 is 1.11 bits per heavy atom. The fourth-order valence-corrected chi connectivity index (χ4v) is 6.41. The number of nitrogens with one attached hydrogen (secondary N) is 2. The van der Waals surface area contributed by atoms with Gasteiger partial charge in [-0.2, -0.15) is 28.6 Å². The lowest BCUT2D eigenvalue weighted by Gasteiger charge is -2.41. The smallest absolute Gasteiger partial charge is 0.357 e. The number of nitrogens with zero attached hydrogens (tertiary/aromatic N) is 7. The second-order valence-corrected chi connectivity index (χ2v) is 12.1. The summed E-state index contributed by atoms with van der Waals surface area (Å²) in [4.78, 5) is 19.7. The first kappa shape index (κ1) is 30.6. The third kappa shape index (κ3) is 5.99. The molecule has 0 aromatic carbocycles. The zero-order valence-electron chi connectivity index (χ0n) is 25.3. The number of fused-ring (bicyclic) bond motifs is 1. The maximum absolute atomic E-state index is 13.1. The molecule has 0 saturated carbocycles. The molecule has 2 aliphatic rings. The molecule has 0 spiro atoms. The van der Waals surface area contributed by atoms with Crippen molar-refractivity contribution in [3.05, 3.63) is 54.7 Å². The molecule has 236 valence electrons. The third-order valence-corrected chi connectivity index (χ3v) is 9.45. The van der Waals surface area contributed by atoms with Gasteiger partial charge in [0, 0.05) is 53.9 Å². The quantitative estimate of drug-likeness (QED) is 0.295. The topological polar surface area (TPSA) is 116 Å². The largest absolute Gasteiger partial charge is 0.408 e. The summed E-state index contributed by atoms with van der Waals surface area (Å²) in [5.74, 6) is 0.175. The number of hydrogen-bond acceptors (Lipinski definition) is 7. The van der Waals surface area contributed by atoms with Gasteiger partial charge in [0.2, 0.25) is 5.91 Å². The highest BCUT2D eigenvalue weighted by atomic mass is 19.4. The van der Waals surface area contributed by atoms with Gasteiger partial charge in [0.15, 0.2) is 0 Å². The highest BCUT2D eigenvalue weighted by molar-refractivity contribution is 5.87. The van der Waals surface area contributed by atoms with E-state index in [2.05, 4.69) is 38.0 Å². The summed E-state index contributed by atoms with van der Waals surface area (Å²) < 4.78 is 43.0. The number of pyridine rings is 2. The first-order valence-corrected chi connectivity index (χ1v) is 15.4. The van der Waals surface area contributed by atoms with Gasteiger partial charge in [0.1, 0.15) is 17.9 Å². The first-order chi connectivity index (χ1) is 21.6. The van der Waals surface area contributed by atoms with Crippen LogP contribution in [0.1, 0.15) is 57.6 Å². The van der Waals surface area contributed by atoms with E-state index < -0.39 is 23.5 Å². The number of aromatic nitrogens is 5. The molecular weight excluding hydrogens is 583 g/mol. The number of carbonyl (C=O) groups is 1. The highest BCUT2D eigenvalue weighted by Gasteiger charge is 2.44. The van der Waals surface area contributed by atoms with Crippen LogP contribution >= 0.6 is 0 Å². The van der Waals surface area contributed by atoms with Crippen LogP contribution in [0.3, 0.4) is 0 Å². The molecule has 2 aliphatic heterocycles. The Balaban J connectivity index is 1.23. The van der Waals surface area contributed by atoms with Crippen molar-refractivity contribution in [2.45, 2.75) is 64.2 Å². The Bertz CT molecular complexity index is 1710. The van der Waals surface area contributed by atoms with Crippen molar-refractivity contribution in [1.29, 1.82) is 5.26 Å². The minimum Gasteiger partial charge on any atom is -0.357 e. The minimum atomic E-state index is -4.48. The fraction of sp³-hybridized carbons (Fsp3) is 0.469. The number of piperidine rings is 2. The van der Waals surface area contributed by atoms with Crippen molar-refractivity contribution < 1.29 is 18.0 Å². The Hall–Kier alpha value is -4.44. The van der Waals surface area contributed by atoms with Gasteiger partial charge in [-0.3, -0.25) is 9.48 Å². The van der Waals surface area contributed by atoms with Gasteiger partial charge < -0.3 is 15.5 Å². The van der Waals surface area contributed by atoms with E-state index in [1.165, 1.54) is 0 Å². The third-order valence-electron chi connectivity index (χ3n) is 9.45. The van der Waals surface area contributed by atoms with Gasteiger partial charge in [0.25, 0.3) is 0 Å².